The topological polar surface area (TPSA) is 81.2 Å². The lowest BCUT2D eigenvalue weighted by Gasteiger charge is -2.07. The predicted molar refractivity (Wildman–Crippen MR) is 102 cm³/mol. The van der Waals surface area contributed by atoms with E-state index in [1.807, 2.05) is 56.3 Å². The van der Waals surface area contributed by atoms with E-state index in [9.17, 15) is 4.79 Å². The summed E-state index contributed by atoms with van der Waals surface area (Å²) < 4.78 is 5.74. The number of carbonyl (C=O) groups is 1. The first-order valence-corrected chi connectivity index (χ1v) is 8.70. The van der Waals surface area contributed by atoms with Gasteiger partial charge in [0.15, 0.2) is 0 Å². The van der Waals surface area contributed by atoms with Crippen LogP contribution in [0, 0.1) is 6.92 Å². The molecule has 0 fully saturated rings. The van der Waals surface area contributed by atoms with E-state index in [-0.39, 0.29) is 11.9 Å². The van der Waals surface area contributed by atoms with Crippen LogP contribution < -0.4 is 11.1 Å². The smallest absolute Gasteiger partial charge is 0.251 e. The van der Waals surface area contributed by atoms with Crippen molar-refractivity contribution in [3.63, 3.8) is 0 Å². The highest BCUT2D eigenvalue weighted by Gasteiger charge is 2.12. The maximum atomic E-state index is 12.2. The van der Waals surface area contributed by atoms with Gasteiger partial charge in [-0.2, -0.15) is 0 Å². The van der Waals surface area contributed by atoms with Crippen molar-refractivity contribution in [2.24, 2.45) is 5.73 Å². The molecule has 0 saturated heterocycles. The number of amides is 1. The Labute approximate surface area is 153 Å². The summed E-state index contributed by atoms with van der Waals surface area (Å²) in [4.78, 5) is 16.8. The van der Waals surface area contributed by atoms with Gasteiger partial charge in [0.25, 0.3) is 5.91 Å². The third-order valence-electron chi connectivity index (χ3n) is 4.26. The molecule has 5 heteroatoms. The molecule has 3 N–H and O–H groups in total. The SMILES string of the molecule is Cc1oc(-c2ccccc2)nc1CCNC(=O)c1ccc([C@H](C)N)cc1. The molecule has 0 radical (unpaired) electrons. The van der Waals surface area contributed by atoms with Gasteiger partial charge in [0.1, 0.15) is 5.76 Å². The van der Waals surface area contributed by atoms with Crippen LogP contribution in [0.25, 0.3) is 11.5 Å². The van der Waals surface area contributed by atoms with Crippen LogP contribution in [0.3, 0.4) is 0 Å². The average Bonchev–Trinajstić information content (AvgIpc) is 3.03. The zero-order valence-corrected chi connectivity index (χ0v) is 15.0. The van der Waals surface area contributed by atoms with Crippen LogP contribution in [-0.2, 0) is 6.42 Å². The van der Waals surface area contributed by atoms with Crippen molar-refractivity contribution in [2.45, 2.75) is 26.3 Å². The number of rotatable bonds is 6. The van der Waals surface area contributed by atoms with Crippen LogP contribution in [0.2, 0.25) is 0 Å². The Morgan fingerprint density at radius 2 is 1.85 bits per heavy atom. The number of benzene rings is 2. The molecule has 1 amide bonds. The Morgan fingerprint density at radius 1 is 1.15 bits per heavy atom. The van der Waals surface area contributed by atoms with E-state index in [0.29, 0.717) is 24.4 Å². The number of nitrogens with zero attached hydrogens (tertiary/aromatic N) is 1. The van der Waals surface area contributed by atoms with Gasteiger partial charge < -0.3 is 15.5 Å². The van der Waals surface area contributed by atoms with E-state index in [1.165, 1.54) is 0 Å². The number of aryl methyl sites for hydroxylation is 1. The second kappa shape index (κ2) is 7.97. The van der Waals surface area contributed by atoms with E-state index in [1.54, 1.807) is 12.1 Å². The normalized spacial score (nSPS) is 12.0. The zero-order valence-electron chi connectivity index (χ0n) is 15.0. The molecule has 26 heavy (non-hydrogen) atoms. The molecule has 1 heterocycles. The molecule has 3 rings (SSSR count). The van der Waals surface area contributed by atoms with Crippen LogP contribution in [0.5, 0.6) is 0 Å². The van der Waals surface area contributed by atoms with Crippen LogP contribution in [0.1, 0.15) is 40.3 Å². The first-order valence-electron chi connectivity index (χ1n) is 8.70. The van der Waals surface area contributed by atoms with Crippen LogP contribution in [0.4, 0.5) is 0 Å². The van der Waals surface area contributed by atoms with Crippen LogP contribution >= 0.6 is 0 Å². The third kappa shape index (κ3) is 4.18. The minimum atomic E-state index is -0.106. The summed E-state index contributed by atoms with van der Waals surface area (Å²) in [5.74, 6) is 1.28. The quantitative estimate of drug-likeness (QED) is 0.712. The van der Waals surface area contributed by atoms with Crippen molar-refractivity contribution < 1.29 is 9.21 Å². The van der Waals surface area contributed by atoms with E-state index in [2.05, 4.69) is 10.3 Å². The molecule has 1 atom stereocenters. The summed E-state index contributed by atoms with van der Waals surface area (Å²) in [7, 11) is 0. The van der Waals surface area contributed by atoms with Crippen molar-refractivity contribution in [3.05, 3.63) is 77.2 Å². The molecule has 5 nitrogen and oxygen atoms in total. The Bertz CT molecular complexity index is 868. The van der Waals surface area contributed by atoms with Crippen molar-refractivity contribution in [3.8, 4) is 11.5 Å². The Morgan fingerprint density at radius 3 is 2.50 bits per heavy atom. The number of hydrogen-bond acceptors (Lipinski definition) is 4. The highest BCUT2D eigenvalue weighted by Crippen LogP contribution is 2.21. The van der Waals surface area contributed by atoms with Gasteiger partial charge in [0, 0.05) is 30.1 Å². The number of nitrogens with one attached hydrogen (secondary N) is 1. The maximum Gasteiger partial charge on any atom is 0.251 e. The summed E-state index contributed by atoms with van der Waals surface area (Å²) in [6.07, 6.45) is 0.617. The van der Waals surface area contributed by atoms with Gasteiger partial charge in [-0.25, -0.2) is 4.98 Å². The molecule has 2 aromatic carbocycles. The monoisotopic (exact) mass is 349 g/mol. The molecular formula is C21H23N3O2. The lowest BCUT2D eigenvalue weighted by atomic mass is 10.1. The highest BCUT2D eigenvalue weighted by molar-refractivity contribution is 5.94. The van der Waals surface area contributed by atoms with Gasteiger partial charge in [-0.3, -0.25) is 4.79 Å². The average molecular weight is 349 g/mol. The second-order valence-corrected chi connectivity index (χ2v) is 6.30. The first-order chi connectivity index (χ1) is 12.5. The molecule has 0 aliphatic carbocycles. The molecule has 0 aliphatic rings. The summed E-state index contributed by atoms with van der Waals surface area (Å²) >= 11 is 0. The Kier molecular flexibility index (Phi) is 5.49. The molecule has 3 aromatic rings. The van der Waals surface area contributed by atoms with E-state index >= 15 is 0 Å². The minimum absolute atomic E-state index is 0.0407. The van der Waals surface area contributed by atoms with Gasteiger partial charge >= 0.3 is 0 Å². The fourth-order valence-electron chi connectivity index (χ4n) is 2.70. The largest absolute Gasteiger partial charge is 0.441 e. The summed E-state index contributed by atoms with van der Waals surface area (Å²) in [5, 5.41) is 2.92. The van der Waals surface area contributed by atoms with Gasteiger partial charge in [-0.1, -0.05) is 30.3 Å². The fraction of sp³-hybridized carbons (Fsp3) is 0.238. The third-order valence-corrected chi connectivity index (χ3v) is 4.26. The molecule has 1 aromatic heterocycles. The molecule has 134 valence electrons. The van der Waals surface area contributed by atoms with Crippen molar-refractivity contribution in [1.29, 1.82) is 0 Å². The summed E-state index contributed by atoms with van der Waals surface area (Å²) in [5.41, 5.74) is 9.26. The second-order valence-electron chi connectivity index (χ2n) is 6.30. The minimum Gasteiger partial charge on any atom is -0.441 e. The molecule has 0 unspecified atom stereocenters. The van der Waals surface area contributed by atoms with Gasteiger partial charge in [0.2, 0.25) is 5.89 Å². The van der Waals surface area contributed by atoms with E-state index < -0.39 is 0 Å². The van der Waals surface area contributed by atoms with Crippen molar-refractivity contribution in [1.82, 2.24) is 10.3 Å². The highest BCUT2D eigenvalue weighted by atomic mass is 16.4. The van der Waals surface area contributed by atoms with Crippen molar-refractivity contribution >= 4 is 5.91 Å². The number of carbonyl (C=O) groups excluding carboxylic acids is 1. The number of nitrogens with two attached hydrogens (primary N) is 1. The van der Waals surface area contributed by atoms with Gasteiger partial charge in [-0.05, 0) is 43.7 Å². The van der Waals surface area contributed by atoms with Gasteiger partial charge in [0.05, 0.1) is 5.69 Å². The first kappa shape index (κ1) is 17.9. The van der Waals surface area contributed by atoms with Crippen LogP contribution in [0.15, 0.2) is 59.0 Å². The Hall–Kier alpha value is -2.92. The van der Waals surface area contributed by atoms with E-state index in [0.717, 1.165) is 22.6 Å². The number of hydrogen-bond donors (Lipinski definition) is 2. The predicted octanol–water partition coefficient (Wildman–Crippen LogP) is 3.64. The fourth-order valence-corrected chi connectivity index (χ4v) is 2.70. The zero-order chi connectivity index (χ0) is 18.5. The number of aromatic nitrogens is 1. The number of oxazole rings is 1. The molecule has 0 aliphatic heterocycles. The lowest BCUT2D eigenvalue weighted by molar-refractivity contribution is 0.0954. The standard InChI is InChI=1S/C21H23N3O2/c1-14(22)16-8-10-17(11-9-16)20(25)23-13-12-19-15(2)26-21(24-19)18-6-4-3-5-7-18/h3-11,14H,12-13,22H2,1-2H3,(H,23,25)/t14-/m0/s1. The molecular weight excluding hydrogens is 326 g/mol. The van der Waals surface area contributed by atoms with Crippen molar-refractivity contribution in [2.75, 3.05) is 6.54 Å². The summed E-state index contributed by atoms with van der Waals surface area (Å²) in [6.45, 7) is 4.30. The maximum absolute atomic E-state index is 12.2. The molecule has 0 spiro atoms. The molecule has 0 saturated carbocycles. The summed E-state index contributed by atoms with van der Waals surface area (Å²) in [6, 6.07) is 17.1. The molecule has 0 bridgehead atoms. The van der Waals surface area contributed by atoms with E-state index in [4.69, 9.17) is 10.2 Å². The lowest BCUT2D eigenvalue weighted by Crippen LogP contribution is -2.26. The van der Waals surface area contributed by atoms with Gasteiger partial charge in [-0.15, -0.1) is 0 Å². The van der Waals surface area contributed by atoms with Crippen LogP contribution in [-0.4, -0.2) is 17.4 Å². The Balaban J connectivity index is 1.58.